The number of carboxylic acids is 1. The van der Waals surface area contributed by atoms with E-state index < -0.39 is 11.9 Å². The lowest BCUT2D eigenvalue weighted by Crippen LogP contribution is -2.30. The lowest BCUT2D eigenvalue weighted by atomic mass is 10.1. The van der Waals surface area contributed by atoms with Crippen LogP contribution in [0.15, 0.2) is 6.20 Å². The highest BCUT2D eigenvalue weighted by atomic mass is 19.1. The van der Waals surface area contributed by atoms with Gasteiger partial charge in [-0.25, -0.2) is 9.48 Å². The van der Waals surface area contributed by atoms with Crippen molar-refractivity contribution in [3.05, 3.63) is 17.7 Å². The molecular weight excluding hydrogens is 201 g/mol. The highest BCUT2D eigenvalue weighted by molar-refractivity contribution is 5.87. The summed E-state index contributed by atoms with van der Waals surface area (Å²) in [4.78, 5) is 10.6. The fourth-order valence-corrected chi connectivity index (χ4v) is 1.80. The highest BCUT2D eigenvalue weighted by Crippen LogP contribution is 2.20. The summed E-state index contributed by atoms with van der Waals surface area (Å²) in [5.74, 6) is -2.01. The van der Waals surface area contributed by atoms with Gasteiger partial charge < -0.3 is 10.4 Å². The fourth-order valence-electron chi connectivity index (χ4n) is 1.80. The second-order valence-electron chi connectivity index (χ2n) is 3.58. The summed E-state index contributed by atoms with van der Waals surface area (Å²) in [6, 6.07) is -0.0284. The van der Waals surface area contributed by atoms with Gasteiger partial charge in [-0.15, -0.1) is 0 Å². The van der Waals surface area contributed by atoms with Crippen LogP contribution in [-0.2, 0) is 0 Å². The minimum absolute atomic E-state index is 0.0284. The Bertz CT molecular complexity index is 371. The molecule has 2 heterocycles. The predicted molar refractivity (Wildman–Crippen MR) is 50.3 cm³/mol. The molecule has 0 radical (unpaired) electrons. The van der Waals surface area contributed by atoms with Crippen molar-refractivity contribution in [3.8, 4) is 0 Å². The zero-order chi connectivity index (χ0) is 10.8. The summed E-state index contributed by atoms with van der Waals surface area (Å²) in [5.41, 5.74) is -0.353. The van der Waals surface area contributed by atoms with Crippen LogP contribution in [0.5, 0.6) is 0 Å². The van der Waals surface area contributed by atoms with Crippen LogP contribution < -0.4 is 5.32 Å². The van der Waals surface area contributed by atoms with E-state index >= 15 is 0 Å². The van der Waals surface area contributed by atoms with Gasteiger partial charge in [-0.1, -0.05) is 0 Å². The Hall–Kier alpha value is -1.43. The third-order valence-corrected chi connectivity index (χ3v) is 2.62. The highest BCUT2D eigenvalue weighted by Gasteiger charge is 2.23. The Balaban J connectivity index is 2.24. The van der Waals surface area contributed by atoms with Crippen LogP contribution in [0, 0.1) is 5.95 Å². The fraction of sp³-hybridized carbons (Fsp3) is 0.556. The Morgan fingerprint density at radius 2 is 2.27 bits per heavy atom. The molecule has 0 spiro atoms. The van der Waals surface area contributed by atoms with Gasteiger partial charge in [0.25, 0.3) is 0 Å². The smallest absolute Gasteiger partial charge is 0.342 e. The molecule has 0 aromatic carbocycles. The van der Waals surface area contributed by atoms with E-state index in [9.17, 15) is 9.18 Å². The van der Waals surface area contributed by atoms with Crippen LogP contribution in [-0.4, -0.2) is 33.9 Å². The molecule has 1 aliphatic rings. The third-order valence-electron chi connectivity index (χ3n) is 2.62. The Labute approximate surface area is 85.9 Å². The summed E-state index contributed by atoms with van der Waals surface area (Å²) in [6.07, 6.45) is 2.62. The van der Waals surface area contributed by atoms with Crippen LogP contribution in [0.1, 0.15) is 29.2 Å². The van der Waals surface area contributed by atoms with Gasteiger partial charge in [0.15, 0.2) is 0 Å². The van der Waals surface area contributed by atoms with Crippen molar-refractivity contribution in [2.75, 3.05) is 13.1 Å². The lowest BCUT2D eigenvalue weighted by Gasteiger charge is -2.22. The first-order valence-electron chi connectivity index (χ1n) is 4.87. The van der Waals surface area contributed by atoms with Crippen molar-refractivity contribution in [2.24, 2.45) is 0 Å². The van der Waals surface area contributed by atoms with E-state index in [0.717, 1.165) is 32.1 Å². The van der Waals surface area contributed by atoms with Gasteiger partial charge in [0.05, 0.1) is 12.2 Å². The first-order chi connectivity index (χ1) is 7.20. The van der Waals surface area contributed by atoms with Crippen molar-refractivity contribution < 1.29 is 14.3 Å². The van der Waals surface area contributed by atoms with E-state index in [2.05, 4.69) is 10.4 Å². The number of hydrogen-bond donors (Lipinski definition) is 2. The second-order valence-corrected chi connectivity index (χ2v) is 3.58. The maximum Gasteiger partial charge on any atom is 0.342 e. The molecule has 1 saturated heterocycles. The summed E-state index contributed by atoms with van der Waals surface area (Å²) in [6.45, 7) is 1.62. The van der Waals surface area contributed by atoms with Crippen LogP contribution in [0.2, 0.25) is 0 Å². The van der Waals surface area contributed by atoms with Crippen molar-refractivity contribution in [3.63, 3.8) is 0 Å². The van der Waals surface area contributed by atoms with Gasteiger partial charge in [-0.3, -0.25) is 0 Å². The van der Waals surface area contributed by atoms with Crippen LogP contribution in [0.4, 0.5) is 4.39 Å². The Morgan fingerprint density at radius 1 is 1.60 bits per heavy atom. The molecule has 82 valence electrons. The number of halogens is 1. The monoisotopic (exact) mass is 213 g/mol. The number of carbonyl (C=O) groups is 1. The van der Waals surface area contributed by atoms with Gasteiger partial charge in [0.2, 0.25) is 5.95 Å². The topological polar surface area (TPSA) is 67.1 Å². The maximum atomic E-state index is 13.6. The van der Waals surface area contributed by atoms with Crippen LogP contribution in [0.3, 0.4) is 0 Å². The van der Waals surface area contributed by atoms with E-state index in [1.165, 1.54) is 4.68 Å². The van der Waals surface area contributed by atoms with E-state index in [1.807, 2.05) is 0 Å². The second kappa shape index (κ2) is 3.98. The molecule has 1 aliphatic heterocycles. The normalized spacial score (nSPS) is 17.9. The minimum atomic E-state index is -1.27. The Kier molecular flexibility index (Phi) is 2.68. The third kappa shape index (κ3) is 1.85. The van der Waals surface area contributed by atoms with Crippen molar-refractivity contribution in [2.45, 2.75) is 18.9 Å². The number of rotatable bonds is 2. The van der Waals surface area contributed by atoms with Crippen molar-refractivity contribution in [1.29, 1.82) is 0 Å². The quantitative estimate of drug-likeness (QED) is 0.756. The molecule has 0 amide bonds. The first-order valence-corrected chi connectivity index (χ1v) is 4.87. The van der Waals surface area contributed by atoms with Gasteiger partial charge in [-0.05, 0) is 25.9 Å². The average molecular weight is 213 g/mol. The molecule has 0 bridgehead atoms. The minimum Gasteiger partial charge on any atom is -0.477 e. The molecule has 1 aromatic heterocycles. The molecular formula is C9H12FN3O2. The lowest BCUT2D eigenvalue weighted by molar-refractivity contribution is 0.0690. The molecule has 6 heteroatoms. The largest absolute Gasteiger partial charge is 0.477 e. The van der Waals surface area contributed by atoms with Gasteiger partial charge in [0.1, 0.15) is 5.56 Å². The molecule has 0 atom stereocenters. The van der Waals surface area contributed by atoms with Crippen LogP contribution >= 0.6 is 0 Å². The molecule has 1 fully saturated rings. The number of nitrogens with one attached hydrogen (secondary N) is 1. The zero-order valence-corrected chi connectivity index (χ0v) is 8.11. The molecule has 2 rings (SSSR count). The number of carboxylic acid groups (broad SMARTS) is 1. The van der Waals surface area contributed by atoms with Crippen molar-refractivity contribution in [1.82, 2.24) is 15.1 Å². The van der Waals surface area contributed by atoms with Crippen molar-refractivity contribution >= 4 is 5.97 Å². The summed E-state index contributed by atoms with van der Waals surface area (Å²) in [7, 11) is 0. The van der Waals surface area contributed by atoms with Crippen LogP contribution in [0.25, 0.3) is 0 Å². The predicted octanol–water partition coefficient (Wildman–Crippen LogP) is 0.645. The molecule has 5 nitrogen and oxygen atoms in total. The molecule has 0 unspecified atom stereocenters. The number of piperidine rings is 1. The summed E-state index contributed by atoms with van der Waals surface area (Å²) >= 11 is 0. The summed E-state index contributed by atoms with van der Waals surface area (Å²) in [5, 5.41) is 15.6. The summed E-state index contributed by atoms with van der Waals surface area (Å²) < 4.78 is 14.8. The zero-order valence-electron chi connectivity index (χ0n) is 8.11. The Morgan fingerprint density at radius 3 is 2.80 bits per heavy atom. The molecule has 0 saturated carbocycles. The molecule has 15 heavy (non-hydrogen) atoms. The van der Waals surface area contributed by atoms with E-state index in [4.69, 9.17) is 5.11 Å². The van der Waals surface area contributed by atoms with E-state index in [-0.39, 0.29) is 11.6 Å². The number of hydrogen-bond acceptors (Lipinski definition) is 3. The van der Waals surface area contributed by atoms with E-state index in [0.29, 0.717) is 0 Å². The number of aromatic carboxylic acids is 1. The standard InChI is InChI=1S/C9H12FN3O2/c10-8-7(9(14)15)5-12-13(8)6-1-3-11-4-2-6/h5-6,11H,1-4H2,(H,14,15). The first kappa shape index (κ1) is 10.1. The molecule has 0 aliphatic carbocycles. The van der Waals surface area contributed by atoms with Gasteiger partial charge in [0, 0.05) is 0 Å². The number of aromatic nitrogens is 2. The van der Waals surface area contributed by atoms with E-state index in [1.54, 1.807) is 0 Å². The number of nitrogens with zero attached hydrogens (tertiary/aromatic N) is 2. The SMILES string of the molecule is O=C(O)c1cnn(C2CCNCC2)c1F. The maximum absolute atomic E-state index is 13.6. The average Bonchev–Trinajstić information content (AvgIpc) is 2.61. The van der Waals surface area contributed by atoms with Gasteiger partial charge >= 0.3 is 5.97 Å². The molecule has 1 aromatic rings. The van der Waals surface area contributed by atoms with Gasteiger partial charge in [-0.2, -0.15) is 9.49 Å². The molecule has 2 N–H and O–H groups in total.